The van der Waals surface area contributed by atoms with E-state index in [1.165, 1.54) is 6.07 Å². The van der Waals surface area contributed by atoms with E-state index in [1.807, 2.05) is 6.07 Å². The Kier molecular flexibility index (Phi) is 4.45. The molecule has 3 aliphatic carbocycles. The van der Waals surface area contributed by atoms with E-state index in [1.54, 1.807) is 13.1 Å². The van der Waals surface area contributed by atoms with Crippen molar-refractivity contribution in [3.63, 3.8) is 0 Å². The number of hydrogen-bond donors (Lipinski definition) is 3. The van der Waals surface area contributed by atoms with Crippen molar-refractivity contribution in [2.24, 2.45) is 17.8 Å². The molecule has 3 fully saturated rings. The fourth-order valence-corrected chi connectivity index (χ4v) is 5.28. The summed E-state index contributed by atoms with van der Waals surface area (Å²) in [5, 5.41) is 13.5. The van der Waals surface area contributed by atoms with Crippen LogP contribution in [0.3, 0.4) is 0 Å². The lowest BCUT2D eigenvalue weighted by Crippen LogP contribution is -2.51. The van der Waals surface area contributed by atoms with Gasteiger partial charge in [-0.2, -0.15) is 0 Å². The average Bonchev–Trinajstić information content (AvgIpc) is 3.14. The van der Waals surface area contributed by atoms with E-state index < -0.39 is 17.7 Å². The number of H-pyrrole nitrogens is 1. The molecule has 2 aromatic heterocycles. The third kappa shape index (κ3) is 3.02. The molecule has 3 saturated carbocycles. The van der Waals surface area contributed by atoms with Crippen molar-refractivity contribution in [3.8, 4) is 11.4 Å². The molecule has 0 spiro atoms. The summed E-state index contributed by atoms with van der Waals surface area (Å²) in [5.41, 5.74) is 1.66. The van der Waals surface area contributed by atoms with Crippen LogP contribution in [0.15, 0.2) is 24.5 Å². The number of halogens is 2. The van der Waals surface area contributed by atoms with Crippen LogP contribution in [0, 0.1) is 36.3 Å². The molecule has 156 valence electrons. The van der Waals surface area contributed by atoms with Gasteiger partial charge in [0.2, 0.25) is 0 Å². The number of nitrogens with one attached hydrogen (secondary N) is 2. The molecule has 3 N–H and O–H groups in total. The molecular weight excluding hydrogens is 390 g/mol. The van der Waals surface area contributed by atoms with E-state index >= 15 is 0 Å². The molecule has 3 aromatic rings. The molecule has 6 nitrogen and oxygen atoms in total. The summed E-state index contributed by atoms with van der Waals surface area (Å²) in [6, 6.07) is 2.89. The van der Waals surface area contributed by atoms with E-state index in [0.29, 0.717) is 16.5 Å². The zero-order valence-corrected chi connectivity index (χ0v) is 16.5. The van der Waals surface area contributed by atoms with E-state index in [-0.39, 0.29) is 35.3 Å². The smallest absolute Gasteiger partial charge is 0.308 e. The minimum atomic E-state index is -0.848. The van der Waals surface area contributed by atoms with Crippen LogP contribution in [0.1, 0.15) is 31.2 Å². The van der Waals surface area contributed by atoms with Crippen LogP contribution in [0.5, 0.6) is 0 Å². The number of fused-ring (bicyclic) bond motifs is 4. The lowest BCUT2D eigenvalue weighted by atomic mass is 9.61. The van der Waals surface area contributed by atoms with Crippen molar-refractivity contribution in [1.29, 1.82) is 0 Å². The van der Waals surface area contributed by atoms with Crippen molar-refractivity contribution < 1.29 is 18.7 Å². The highest BCUT2D eigenvalue weighted by Crippen LogP contribution is 2.46. The van der Waals surface area contributed by atoms with Gasteiger partial charge >= 0.3 is 5.97 Å². The third-order valence-corrected chi connectivity index (χ3v) is 6.68. The highest BCUT2D eigenvalue weighted by molar-refractivity contribution is 5.94. The molecule has 0 radical (unpaired) electrons. The van der Waals surface area contributed by atoms with Crippen LogP contribution in [-0.2, 0) is 4.79 Å². The van der Waals surface area contributed by atoms with Gasteiger partial charge in [0.05, 0.1) is 17.6 Å². The van der Waals surface area contributed by atoms with Crippen molar-refractivity contribution in [3.05, 3.63) is 41.7 Å². The Morgan fingerprint density at radius 3 is 2.63 bits per heavy atom. The second-order valence-corrected chi connectivity index (χ2v) is 8.47. The maximum absolute atomic E-state index is 14.6. The van der Waals surface area contributed by atoms with Gasteiger partial charge in [-0.1, -0.05) is 0 Å². The van der Waals surface area contributed by atoms with E-state index in [9.17, 15) is 18.7 Å². The first-order valence-corrected chi connectivity index (χ1v) is 10.2. The Hall–Kier alpha value is -3.03. The van der Waals surface area contributed by atoms with Crippen molar-refractivity contribution in [2.75, 3.05) is 5.32 Å². The average molecular weight is 412 g/mol. The number of benzene rings is 1. The Labute approximate surface area is 171 Å². The summed E-state index contributed by atoms with van der Waals surface area (Å²) in [6.07, 6.45) is 6.35. The fourth-order valence-electron chi connectivity index (χ4n) is 5.28. The topological polar surface area (TPSA) is 90.9 Å². The first kappa shape index (κ1) is 19.0. The Morgan fingerprint density at radius 1 is 1.17 bits per heavy atom. The molecular formula is C22H22F2N4O2. The molecule has 6 rings (SSSR count). The van der Waals surface area contributed by atoms with Gasteiger partial charge in [-0.3, -0.25) is 4.79 Å². The molecule has 8 heteroatoms. The largest absolute Gasteiger partial charge is 0.481 e. The number of carbonyl (C=O) groups is 1. The minimum absolute atomic E-state index is 0.00808. The van der Waals surface area contributed by atoms with Gasteiger partial charge in [-0.15, -0.1) is 0 Å². The van der Waals surface area contributed by atoms with Gasteiger partial charge in [0.1, 0.15) is 5.82 Å². The molecule has 2 atom stereocenters. The number of aliphatic carboxylic acids is 1. The van der Waals surface area contributed by atoms with Crippen LogP contribution in [0.4, 0.5) is 14.6 Å². The summed E-state index contributed by atoms with van der Waals surface area (Å²) in [4.78, 5) is 23.2. The minimum Gasteiger partial charge on any atom is -0.481 e. The number of aromatic amines is 1. The number of aromatic nitrogens is 3. The quantitative estimate of drug-likeness (QED) is 0.586. The van der Waals surface area contributed by atoms with Crippen LogP contribution in [-0.4, -0.2) is 32.1 Å². The second kappa shape index (κ2) is 7.04. The van der Waals surface area contributed by atoms with Gasteiger partial charge < -0.3 is 15.4 Å². The lowest BCUT2D eigenvalue weighted by molar-refractivity contribution is -0.148. The van der Waals surface area contributed by atoms with Gasteiger partial charge in [0, 0.05) is 23.2 Å². The standard InChI is InChI=1S/C22H22F2N4O2/c1-10-6-13-14(8-25-19(13)15(23)7-10)20-26-9-16(24)21(28-20)27-18-12-4-2-11(3-5-12)17(18)22(29)30/h6-9,11-12,17-18,25H,2-5H2,1H3,(H,29,30)(H,26,27,28)/t11?,12?,17-,18-/m1/s1. The van der Waals surface area contributed by atoms with E-state index in [2.05, 4.69) is 20.3 Å². The highest BCUT2D eigenvalue weighted by Gasteiger charge is 2.47. The lowest BCUT2D eigenvalue weighted by Gasteiger charge is -2.47. The van der Waals surface area contributed by atoms with Gasteiger partial charge in [-0.05, 0) is 62.1 Å². The number of hydrogen-bond acceptors (Lipinski definition) is 4. The summed E-state index contributed by atoms with van der Waals surface area (Å²) >= 11 is 0. The summed E-state index contributed by atoms with van der Waals surface area (Å²) < 4.78 is 28.8. The summed E-state index contributed by atoms with van der Waals surface area (Å²) in [5.74, 6) is -1.88. The van der Waals surface area contributed by atoms with Crippen molar-refractivity contribution >= 4 is 22.7 Å². The molecule has 0 unspecified atom stereocenters. The molecule has 2 bridgehead atoms. The molecule has 3 aliphatic rings. The Balaban J connectivity index is 1.53. The number of carboxylic acids is 1. The van der Waals surface area contributed by atoms with Crippen molar-refractivity contribution in [1.82, 2.24) is 15.0 Å². The first-order valence-electron chi connectivity index (χ1n) is 10.2. The van der Waals surface area contributed by atoms with Crippen LogP contribution >= 0.6 is 0 Å². The van der Waals surface area contributed by atoms with E-state index in [4.69, 9.17) is 0 Å². The highest BCUT2D eigenvalue weighted by atomic mass is 19.1. The fraction of sp³-hybridized carbons (Fsp3) is 0.409. The SMILES string of the molecule is Cc1cc(F)c2[nH]cc(-c3ncc(F)c(N[C@@H]4C5CCC(CC5)[C@H]4C(=O)O)n3)c2c1. The maximum Gasteiger partial charge on any atom is 0.308 e. The molecule has 30 heavy (non-hydrogen) atoms. The van der Waals surface area contributed by atoms with E-state index in [0.717, 1.165) is 37.4 Å². The first-order chi connectivity index (χ1) is 14.4. The van der Waals surface area contributed by atoms with Gasteiger partial charge in [0.15, 0.2) is 17.5 Å². The summed E-state index contributed by atoms with van der Waals surface area (Å²) in [6.45, 7) is 1.79. The zero-order chi connectivity index (χ0) is 21.0. The van der Waals surface area contributed by atoms with Crippen LogP contribution in [0.25, 0.3) is 22.3 Å². The molecule has 0 saturated heterocycles. The monoisotopic (exact) mass is 412 g/mol. The number of anilines is 1. The predicted molar refractivity (Wildman–Crippen MR) is 108 cm³/mol. The normalized spacial score (nSPS) is 25.6. The summed E-state index contributed by atoms with van der Waals surface area (Å²) in [7, 11) is 0. The number of nitrogens with zero attached hydrogens (tertiary/aromatic N) is 2. The van der Waals surface area contributed by atoms with Crippen molar-refractivity contribution in [2.45, 2.75) is 38.6 Å². The molecule has 2 heterocycles. The Bertz CT molecular complexity index is 1140. The number of rotatable bonds is 4. The number of aryl methyl sites for hydroxylation is 1. The number of carboxylic acid groups (broad SMARTS) is 1. The van der Waals surface area contributed by atoms with Gasteiger partial charge in [0.25, 0.3) is 0 Å². The molecule has 0 amide bonds. The third-order valence-electron chi connectivity index (χ3n) is 6.68. The predicted octanol–water partition coefficient (Wildman–Crippen LogP) is 4.51. The van der Waals surface area contributed by atoms with Crippen LogP contribution in [0.2, 0.25) is 0 Å². The maximum atomic E-state index is 14.6. The van der Waals surface area contributed by atoms with Gasteiger partial charge in [-0.25, -0.2) is 18.7 Å². The van der Waals surface area contributed by atoms with Crippen LogP contribution < -0.4 is 5.32 Å². The molecule has 0 aliphatic heterocycles. The Morgan fingerprint density at radius 2 is 1.90 bits per heavy atom. The second-order valence-electron chi connectivity index (χ2n) is 8.47. The molecule has 1 aromatic carbocycles. The zero-order valence-electron chi connectivity index (χ0n) is 16.5.